The fourth-order valence-electron chi connectivity index (χ4n) is 7.02. The smallest absolute Gasteiger partial charge is 0.0224 e. The first-order valence-corrected chi connectivity index (χ1v) is 20.0. The van der Waals surface area contributed by atoms with E-state index >= 15 is 0 Å². The second-order valence-electron chi connectivity index (χ2n) is 12.5. The summed E-state index contributed by atoms with van der Waals surface area (Å²) in [4.78, 5) is 0. The summed E-state index contributed by atoms with van der Waals surface area (Å²) in [6.45, 7) is 1.75. The van der Waals surface area contributed by atoms with E-state index in [1.807, 2.05) is 0 Å². The van der Waals surface area contributed by atoms with Crippen molar-refractivity contribution in [3.05, 3.63) is 181 Å². The van der Waals surface area contributed by atoms with E-state index in [9.17, 15) is 0 Å². The number of benzene rings is 6. The van der Waals surface area contributed by atoms with E-state index in [1.165, 1.54) is 68.6 Å². The Bertz CT molecular complexity index is 1630. The highest BCUT2D eigenvalue weighted by Crippen LogP contribution is 2.35. The molecule has 0 saturated heterocycles. The molecule has 2 atom stereocenters. The van der Waals surface area contributed by atoms with E-state index < -0.39 is 15.8 Å². The monoisotopic (exact) mass is 662 g/mol. The molecule has 240 valence electrons. The molecule has 0 aromatic heterocycles. The second kappa shape index (κ2) is 16.5. The lowest BCUT2D eigenvalue weighted by Crippen LogP contribution is -2.49. The van der Waals surface area contributed by atoms with Crippen LogP contribution in [0.4, 0.5) is 0 Å². The molecule has 2 nitrogen and oxygen atoms in total. The Labute approximate surface area is 289 Å². The predicted molar refractivity (Wildman–Crippen MR) is 210 cm³/mol. The van der Waals surface area contributed by atoms with E-state index in [-0.39, 0.29) is 0 Å². The summed E-state index contributed by atoms with van der Waals surface area (Å²) in [6, 6.07) is 63.3. The summed E-state index contributed by atoms with van der Waals surface area (Å²) >= 11 is 0. The molecule has 0 bridgehead atoms. The maximum atomic E-state index is 4.06. The maximum Gasteiger partial charge on any atom is 0.0224 e. The number of hydrogen-bond acceptors (Lipinski definition) is 2. The first kappa shape index (κ1) is 32.6. The Kier molecular flexibility index (Phi) is 11.2. The molecule has 0 heterocycles. The van der Waals surface area contributed by atoms with Gasteiger partial charge in [-0.15, -0.1) is 0 Å². The van der Waals surface area contributed by atoms with Gasteiger partial charge in [0.05, 0.1) is 0 Å². The molecule has 6 aromatic rings. The minimum absolute atomic E-state index is 0.434. The molecule has 0 radical (unpaired) electrons. The van der Waals surface area contributed by atoms with Crippen molar-refractivity contribution in [2.75, 3.05) is 0 Å². The standard InChI is InChI=1S/C44H44N2P2/c1-5-21-37(22-6-1)47(38-23-7-2-8-24-38)43-31-17-13-19-35(43)33-45-41-29-15-16-30-42(41)46-34-36-20-14-18-32-44(36)48(39-25-9-3-10-26-39)40-27-11-4-12-28-40/h1-14,17-28,31-32,41-42,45-46H,15-16,29-30,33-34H2/t41-,42-/m1/s1. The van der Waals surface area contributed by atoms with Crippen LogP contribution in [0.3, 0.4) is 0 Å². The number of hydrogen-bond donors (Lipinski definition) is 2. The molecular formula is C44H44N2P2. The number of nitrogens with one attached hydrogen (secondary N) is 2. The van der Waals surface area contributed by atoms with Gasteiger partial charge in [0.1, 0.15) is 0 Å². The minimum Gasteiger partial charge on any atom is -0.308 e. The van der Waals surface area contributed by atoms with Gasteiger partial charge in [0.25, 0.3) is 0 Å². The molecule has 6 aromatic carbocycles. The van der Waals surface area contributed by atoms with Crippen molar-refractivity contribution in [1.29, 1.82) is 0 Å². The zero-order chi connectivity index (χ0) is 32.4. The van der Waals surface area contributed by atoms with E-state index in [0.717, 1.165) is 13.1 Å². The second-order valence-corrected chi connectivity index (χ2v) is 16.9. The lowest BCUT2D eigenvalue weighted by Gasteiger charge is -2.34. The van der Waals surface area contributed by atoms with Gasteiger partial charge in [-0.25, -0.2) is 0 Å². The summed E-state index contributed by atoms with van der Waals surface area (Å²) in [5.74, 6) is 0. The van der Waals surface area contributed by atoms with Gasteiger partial charge in [-0.3, -0.25) is 0 Å². The van der Waals surface area contributed by atoms with E-state index in [2.05, 4.69) is 180 Å². The summed E-state index contributed by atoms with van der Waals surface area (Å²) in [6.07, 6.45) is 4.97. The summed E-state index contributed by atoms with van der Waals surface area (Å²) < 4.78 is 0. The molecule has 1 aliphatic carbocycles. The molecule has 48 heavy (non-hydrogen) atoms. The molecule has 1 saturated carbocycles. The lowest BCUT2D eigenvalue weighted by molar-refractivity contribution is 0.281. The molecular weight excluding hydrogens is 618 g/mol. The fraction of sp³-hybridized carbons (Fsp3) is 0.182. The Hall–Kier alpha value is -3.90. The van der Waals surface area contributed by atoms with Gasteiger partial charge in [-0.05, 0) is 71.6 Å². The van der Waals surface area contributed by atoms with Gasteiger partial charge >= 0.3 is 0 Å². The van der Waals surface area contributed by atoms with Crippen molar-refractivity contribution < 1.29 is 0 Å². The first-order valence-electron chi connectivity index (χ1n) is 17.3. The molecule has 0 aliphatic heterocycles. The molecule has 4 heteroatoms. The van der Waals surface area contributed by atoms with Crippen LogP contribution in [-0.4, -0.2) is 12.1 Å². The van der Waals surface area contributed by atoms with Crippen LogP contribution in [0.25, 0.3) is 0 Å². The van der Waals surface area contributed by atoms with Crippen LogP contribution in [0.1, 0.15) is 36.8 Å². The zero-order valence-electron chi connectivity index (χ0n) is 27.5. The average Bonchev–Trinajstić information content (AvgIpc) is 3.16. The van der Waals surface area contributed by atoms with Crippen molar-refractivity contribution in [3.8, 4) is 0 Å². The molecule has 1 aliphatic rings. The quantitative estimate of drug-likeness (QED) is 0.134. The van der Waals surface area contributed by atoms with Crippen LogP contribution in [-0.2, 0) is 13.1 Å². The molecule has 1 fully saturated rings. The van der Waals surface area contributed by atoms with Gasteiger partial charge in [-0.1, -0.05) is 183 Å². The predicted octanol–water partition coefficient (Wildman–Crippen LogP) is 7.39. The van der Waals surface area contributed by atoms with Gasteiger partial charge in [0, 0.05) is 25.2 Å². The maximum absolute atomic E-state index is 4.06. The molecule has 0 amide bonds. The van der Waals surface area contributed by atoms with Crippen LogP contribution >= 0.6 is 15.8 Å². The topological polar surface area (TPSA) is 24.1 Å². The molecule has 2 N–H and O–H groups in total. The van der Waals surface area contributed by atoms with Gasteiger partial charge < -0.3 is 10.6 Å². The minimum atomic E-state index is -0.646. The van der Waals surface area contributed by atoms with Crippen molar-refractivity contribution >= 4 is 47.7 Å². The molecule has 0 unspecified atom stereocenters. The van der Waals surface area contributed by atoms with Crippen molar-refractivity contribution in [1.82, 2.24) is 10.6 Å². The summed E-state index contributed by atoms with van der Waals surface area (Å²) in [5, 5.41) is 16.6. The normalized spacial score (nSPS) is 16.3. The summed E-state index contributed by atoms with van der Waals surface area (Å²) in [7, 11) is -1.29. The number of rotatable bonds is 12. The third-order valence-electron chi connectivity index (χ3n) is 9.40. The van der Waals surface area contributed by atoms with Crippen LogP contribution in [0.2, 0.25) is 0 Å². The van der Waals surface area contributed by atoms with Gasteiger partial charge in [-0.2, -0.15) is 0 Å². The molecule has 0 spiro atoms. The van der Waals surface area contributed by atoms with E-state index in [1.54, 1.807) is 0 Å². The Morgan fingerprint density at radius 1 is 0.375 bits per heavy atom. The fourth-order valence-corrected chi connectivity index (χ4v) is 12.0. The SMILES string of the molecule is c1ccc(P(c2ccccc2)c2ccccc2CN[C@@H]2CCCC[C@H]2NCc2ccccc2P(c2ccccc2)c2ccccc2)cc1. The van der Waals surface area contributed by atoms with Crippen molar-refractivity contribution in [2.45, 2.75) is 50.9 Å². The first-order chi connectivity index (χ1) is 23.8. The van der Waals surface area contributed by atoms with Crippen LogP contribution in [0.5, 0.6) is 0 Å². The zero-order valence-corrected chi connectivity index (χ0v) is 29.2. The van der Waals surface area contributed by atoms with Crippen LogP contribution in [0.15, 0.2) is 170 Å². The Morgan fingerprint density at radius 3 is 1.00 bits per heavy atom. The van der Waals surface area contributed by atoms with Crippen molar-refractivity contribution in [2.24, 2.45) is 0 Å². The average molecular weight is 663 g/mol. The van der Waals surface area contributed by atoms with Crippen LogP contribution in [0, 0.1) is 0 Å². The van der Waals surface area contributed by atoms with Gasteiger partial charge in [0.15, 0.2) is 0 Å². The Balaban J connectivity index is 1.10. The van der Waals surface area contributed by atoms with E-state index in [4.69, 9.17) is 0 Å². The molecule has 7 rings (SSSR count). The highest BCUT2D eigenvalue weighted by atomic mass is 31.1. The van der Waals surface area contributed by atoms with Gasteiger partial charge in [0.2, 0.25) is 0 Å². The highest BCUT2D eigenvalue weighted by molar-refractivity contribution is 7.80. The van der Waals surface area contributed by atoms with Crippen LogP contribution < -0.4 is 42.5 Å². The largest absolute Gasteiger partial charge is 0.308 e. The third-order valence-corrected chi connectivity index (χ3v) is 14.5. The summed E-state index contributed by atoms with van der Waals surface area (Å²) in [5.41, 5.74) is 2.81. The van der Waals surface area contributed by atoms with E-state index in [0.29, 0.717) is 12.1 Å². The lowest BCUT2D eigenvalue weighted by atomic mass is 9.90. The third kappa shape index (κ3) is 7.86. The van der Waals surface area contributed by atoms with Crippen molar-refractivity contribution in [3.63, 3.8) is 0 Å². The Morgan fingerprint density at radius 2 is 0.667 bits per heavy atom. The highest BCUT2D eigenvalue weighted by Gasteiger charge is 2.27.